The largest absolute Gasteiger partial charge is 0.466 e. The average molecular weight is 339 g/mol. The Bertz CT molecular complexity index is 620. The number of carbonyl (C=O) groups is 2. The highest BCUT2D eigenvalue weighted by molar-refractivity contribution is 5.81. The summed E-state index contributed by atoms with van der Waals surface area (Å²) < 4.78 is 32.4. The van der Waals surface area contributed by atoms with Gasteiger partial charge >= 0.3 is 5.97 Å². The monoisotopic (exact) mass is 339 g/mol. The van der Waals surface area contributed by atoms with E-state index in [9.17, 15) is 18.4 Å². The number of ether oxygens (including phenoxy) is 1. The van der Waals surface area contributed by atoms with E-state index in [0.717, 1.165) is 6.07 Å². The lowest BCUT2D eigenvalue weighted by atomic mass is 9.75. The molecule has 1 heterocycles. The Morgan fingerprint density at radius 1 is 1.29 bits per heavy atom. The van der Waals surface area contributed by atoms with Gasteiger partial charge in [-0.25, -0.2) is 8.78 Å². The van der Waals surface area contributed by atoms with E-state index in [1.165, 1.54) is 12.1 Å². The van der Waals surface area contributed by atoms with Crippen LogP contribution in [-0.2, 0) is 20.7 Å². The van der Waals surface area contributed by atoms with E-state index in [1.54, 1.807) is 18.7 Å². The van der Waals surface area contributed by atoms with E-state index in [2.05, 4.69) is 0 Å². The van der Waals surface area contributed by atoms with Crippen LogP contribution in [0.15, 0.2) is 18.2 Å². The molecule has 1 amide bonds. The van der Waals surface area contributed by atoms with E-state index in [1.807, 2.05) is 0 Å². The highest BCUT2D eigenvalue weighted by Gasteiger charge is 2.45. The average Bonchev–Trinajstić information content (AvgIpc) is 2.57. The minimum atomic E-state index is -0.988. The Kier molecular flexibility index (Phi) is 5.91. The second-order valence-corrected chi connectivity index (χ2v) is 6.19. The number of benzene rings is 1. The first kappa shape index (κ1) is 18.4. The molecule has 1 aromatic carbocycles. The second kappa shape index (κ2) is 7.73. The fourth-order valence-electron chi connectivity index (χ4n) is 3.27. The smallest absolute Gasteiger partial charge is 0.314 e. The molecule has 0 saturated carbocycles. The quantitative estimate of drug-likeness (QED) is 0.775. The first-order valence-corrected chi connectivity index (χ1v) is 8.31. The SMILES string of the molecule is CCOC(=O)[C@]1(Cc2ccc(F)cc2F)CCCN(C(=O)CC)C1. The zero-order valence-electron chi connectivity index (χ0n) is 14.1. The zero-order chi connectivity index (χ0) is 17.7. The van der Waals surface area contributed by atoms with Crippen molar-refractivity contribution in [2.45, 2.75) is 39.5 Å². The van der Waals surface area contributed by atoms with Gasteiger partial charge in [-0.15, -0.1) is 0 Å². The third kappa shape index (κ3) is 3.91. The Hall–Kier alpha value is -1.98. The lowest BCUT2D eigenvalue weighted by Crippen LogP contribution is -2.51. The van der Waals surface area contributed by atoms with E-state index < -0.39 is 23.0 Å². The number of amides is 1. The summed E-state index contributed by atoms with van der Waals surface area (Å²) >= 11 is 0. The van der Waals surface area contributed by atoms with Gasteiger partial charge in [0.2, 0.25) is 5.91 Å². The van der Waals surface area contributed by atoms with Crippen LogP contribution < -0.4 is 0 Å². The minimum Gasteiger partial charge on any atom is -0.466 e. The van der Waals surface area contributed by atoms with Crippen LogP contribution in [0.25, 0.3) is 0 Å². The molecule has 1 atom stereocenters. The van der Waals surface area contributed by atoms with Crippen molar-refractivity contribution in [1.82, 2.24) is 4.90 Å². The van der Waals surface area contributed by atoms with E-state index in [4.69, 9.17) is 4.74 Å². The normalized spacial score (nSPS) is 20.8. The number of nitrogens with zero attached hydrogens (tertiary/aromatic N) is 1. The van der Waals surface area contributed by atoms with Gasteiger partial charge in [-0.3, -0.25) is 9.59 Å². The molecule has 24 heavy (non-hydrogen) atoms. The zero-order valence-corrected chi connectivity index (χ0v) is 14.1. The van der Waals surface area contributed by atoms with Crippen LogP contribution in [0.2, 0.25) is 0 Å². The van der Waals surface area contributed by atoms with Crippen LogP contribution in [0.1, 0.15) is 38.7 Å². The molecule has 0 bridgehead atoms. The molecule has 6 heteroatoms. The highest BCUT2D eigenvalue weighted by atomic mass is 19.1. The van der Waals surface area contributed by atoms with E-state index >= 15 is 0 Å². The van der Waals surface area contributed by atoms with Crippen LogP contribution in [-0.4, -0.2) is 36.5 Å². The summed E-state index contributed by atoms with van der Waals surface area (Å²) in [6.07, 6.45) is 1.60. The summed E-state index contributed by atoms with van der Waals surface area (Å²) in [6.45, 7) is 4.48. The first-order valence-electron chi connectivity index (χ1n) is 8.31. The summed E-state index contributed by atoms with van der Waals surface area (Å²) in [7, 11) is 0. The third-order valence-electron chi connectivity index (χ3n) is 4.48. The number of hydrogen-bond donors (Lipinski definition) is 0. The van der Waals surface area contributed by atoms with Crippen molar-refractivity contribution in [2.75, 3.05) is 19.7 Å². The lowest BCUT2D eigenvalue weighted by Gasteiger charge is -2.41. The molecule has 1 saturated heterocycles. The fraction of sp³-hybridized carbons (Fsp3) is 0.556. The molecule has 0 unspecified atom stereocenters. The van der Waals surface area contributed by atoms with Crippen molar-refractivity contribution in [3.63, 3.8) is 0 Å². The van der Waals surface area contributed by atoms with Crippen LogP contribution in [0.3, 0.4) is 0 Å². The van der Waals surface area contributed by atoms with Crippen molar-refractivity contribution in [3.05, 3.63) is 35.4 Å². The van der Waals surface area contributed by atoms with Crippen molar-refractivity contribution < 1.29 is 23.1 Å². The van der Waals surface area contributed by atoms with Gasteiger partial charge in [0.05, 0.1) is 12.0 Å². The predicted octanol–water partition coefficient (Wildman–Crippen LogP) is 3.09. The van der Waals surface area contributed by atoms with Gasteiger partial charge in [-0.05, 0) is 37.8 Å². The summed E-state index contributed by atoms with van der Waals surface area (Å²) in [6, 6.07) is 3.34. The number of rotatable bonds is 5. The highest BCUT2D eigenvalue weighted by Crippen LogP contribution is 2.36. The predicted molar refractivity (Wildman–Crippen MR) is 85.2 cm³/mol. The molecule has 0 radical (unpaired) electrons. The molecule has 2 rings (SSSR count). The van der Waals surface area contributed by atoms with Crippen LogP contribution in [0, 0.1) is 17.0 Å². The molecule has 0 aliphatic carbocycles. The van der Waals surface area contributed by atoms with Gasteiger partial charge < -0.3 is 9.64 Å². The molecule has 4 nitrogen and oxygen atoms in total. The second-order valence-electron chi connectivity index (χ2n) is 6.19. The maximum Gasteiger partial charge on any atom is 0.314 e. The Labute approximate surface area is 140 Å². The Morgan fingerprint density at radius 2 is 2.04 bits per heavy atom. The van der Waals surface area contributed by atoms with Crippen molar-refractivity contribution in [2.24, 2.45) is 5.41 Å². The summed E-state index contributed by atoms with van der Waals surface area (Å²) in [4.78, 5) is 26.3. The number of hydrogen-bond acceptors (Lipinski definition) is 3. The van der Waals surface area contributed by atoms with Crippen LogP contribution in [0.4, 0.5) is 8.78 Å². The van der Waals surface area contributed by atoms with Crippen molar-refractivity contribution >= 4 is 11.9 Å². The number of piperidine rings is 1. The number of carbonyl (C=O) groups excluding carboxylic acids is 2. The Balaban J connectivity index is 2.33. The Morgan fingerprint density at radius 3 is 2.67 bits per heavy atom. The number of halogens is 2. The molecular formula is C18H23F2NO3. The first-order chi connectivity index (χ1) is 11.4. The van der Waals surface area contributed by atoms with Gasteiger partial charge in [0, 0.05) is 25.6 Å². The molecule has 0 spiro atoms. The van der Waals surface area contributed by atoms with Gasteiger partial charge in [-0.1, -0.05) is 13.0 Å². The molecule has 1 aliphatic heterocycles. The number of esters is 1. The van der Waals surface area contributed by atoms with Crippen LogP contribution >= 0.6 is 0 Å². The fourth-order valence-corrected chi connectivity index (χ4v) is 3.27. The number of likely N-dealkylation sites (tertiary alicyclic amines) is 1. The summed E-state index contributed by atoms with van der Waals surface area (Å²) in [5, 5.41) is 0. The molecule has 132 valence electrons. The molecule has 1 aromatic rings. The third-order valence-corrected chi connectivity index (χ3v) is 4.48. The van der Waals surface area contributed by atoms with Gasteiger partial charge in [-0.2, -0.15) is 0 Å². The van der Waals surface area contributed by atoms with Gasteiger partial charge in [0.1, 0.15) is 11.6 Å². The van der Waals surface area contributed by atoms with E-state index in [0.29, 0.717) is 25.8 Å². The van der Waals surface area contributed by atoms with E-state index in [-0.39, 0.29) is 31.0 Å². The lowest BCUT2D eigenvalue weighted by molar-refractivity contribution is -0.160. The van der Waals surface area contributed by atoms with Crippen molar-refractivity contribution in [1.29, 1.82) is 0 Å². The molecule has 1 aliphatic rings. The topological polar surface area (TPSA) is 46.6 Å². The van der Waals surface area contributed by atoms with Crippen LogP contribution in [0.5, 0.6) is 0 Å². The maximum atomic E-state index is 14.1. The molecular weight excluding hydrogens is 316 g/mol. The molecule has 1 fully saturated rings. The van der Waals surface area contributed by atoms with Gasteiger partial charge in [0.25, 0.3) is 0 Å². The summed E-state index contributed by atoms with van der Waals surface area (Å²) in [5.74, 6) is -1.81. The molecule has 0 aromatic heterocycles. The summed E-state index contributed by atoms with van der Waals surface area (Å²) in [5.41, 5.74) is -0.729. The standard InChI is InChI=1S/C18H23F2NO3/c1-3-16(22)21-9-5-8-18(12-21,17(23)24-4-2)11-13-6-7-14(19)10-15(13)20/h6-7,10H,3-5,8-9,11-12H2,1-2H3/t18-/m0/s1. The van der Waals surface area contributed by atoms with Gasteiger partial charge in [0.15, 0.2) is 0 Å². The van der Waals surface area contributed by atoms with Crippen molar-refractivity contribution in [3.8, 4) is 0 Å². The maximum absolute atomic E-state index is 14.1. The molecule has 0 N–H and O–H groups in total. The minimum absolute atomic E-state index is 0.0389.